The summed E-state index contributed by atoms with van der Waals surface area (Å²) in [6.45, 7) is 5.22. The standard InChI is InChI=1S/C18H18N2O2.C14H10N2O2/c1-13(2)12-19-9-8-15-10-16(20(21)22)11-17(18(15)19)14-6-4-3-5-7-14;17-16(18)12-8-11-6-7-15-14(11)13(9-12)10-4-2-1-3-5-10/h3-11,13H,12H2,1-2H3;1-9,15H. The van der Waals surface area contributed by atoms with Gasteiger partial charge in [0, 0.05) is 65.1 Å². The monoisotopic (exact) mass is 532 g/mol. The molecule has 8 nitrogen and oxygen atoms in total. The van der Waals surface area contributed by atoms with Crippen LogP contribution in [0.4, 0.5) is 11.4 Å². The van der Waals surface area contributed by atoms with Gasteiger partial charge in [0.15, 0.2) is 0 Å². The van der Waals surface area contributed by atoms with Crippen molar-refractivity contribution >= 4 is 33.2 Å². The maximum Gasteiger partial charge on any atom is 0.270 e. The second-order valence-electron chi connectivity index (χ2n) is 9.97. The molecule has 200 valence electrons. The van der Waals surface area contributed by atoms with Gasteiger partial charge >= 0.3 is 0 Å². The lowest BCUT2D eigenvalue weighted by molar-refractivity contribution is -0.384. The van der Waals surface area contributed by atoms with Gasteiger partial charge in [-0.2, -0.15) is 0 Å². The van der Waals surface area contributed by atoms with Crippen molar-refractivity contribution in [3.63, 3.8) is 0 Å². The van der Waals surface area contributed by atoms with E-state index >= 15 is 0 Å². The highest BCUT2D eigenvalue weighted by molar-refractivity contribution is 5.97. The summed E-state index contributed by atoms with van der Waals surface area (Å²) in [4.78, 5) is 24.6. The number of benzene rings is 4. The number of aromatic amines is 1. The highest BCUT2D eigenvalue weighted by Gasteiger charge is 2.16. The molecule has 0 aliphatic carbocycles. The van der Waals surface area contributed by atoms with Crippen molar-refractivity contribution < 1.29 is 9.85 Å². The lowest BCUT2D eigenvalue weighted by atomic mass is 10.0. The number of nitro benzene ring substituents is 2. The van der Waals surface area contributed by atoms with Crippen LogP contribution >= 0.6 is 0 Å². The smallest absolute Gasteiger partial charge is 0.270 e. The average Bonchev–Trinajstić information content (AvgIpc) is 3.60. The van der Waals surface area contributed by atoms with E-state index in [1.807, 2.05) is 79.0 Å². The van der Waals surface area contributed by atoms with Gasteiger partial charge in [0.1, 0.15) is 0 Å². The maximum atomic E-state index is 11.2. The first-order chi connectivity index (χ1) is 19.3. The number of rotatable bonds is 6. The Morgan fingerprint density at radius 1 is 0.725 bits per heavy atom. The normalized spacial score (nSPS) is 11.0. The lowest BCUT2D eigenvalue weighted by Crippen LogP contribution is -2.03. The second-order valence-corrected chi connectivity index (χ2v) is 9.97. The molecule has 0 radical (unpaired) electrons. The van der Waals surface area contributed by atoms with Gasteiger partial charge < -0.3 is 9.55 Å². The summed E-state index contributed by atoms with van der Waals surface area (Å²) in [7, 11) is 0. The summed E-state index contributed by atoms with van der Waals surface area (Å²) >= 11 is 0. The zero-order valence-corrected chi connectivity index (χ0v) is 22.2. The van der Waals surface area contributed by atoms with Crippen molar-refractivity contribution in [2.45, 2.75) is 20.4 Å². The minimum Gasteiger partial charge on any atom is -0.361 e. The molecule has 8 heteroatoms. The van der Waals surface area contributed by atoms with Crippen LogP contribution in [0.5, 0.6) is 0 Å². The van der Waals surface area contributed by atoms with Crippen molar-refractivity contribution in [2.24, 2.45) is 5.92 Å². The van der Waals surface area contributed by atoms with Gasteiger partial charge in [0.25, 0.3) is 11.4 Å². The van der Waals surface area contributed by atoms with E-state index in [2.05, 4.69) is 23.4 Å². The predicted molar refractivity (Wildman–Crippen MR) is 159 cm³/mol. The summed E-state index contributed by atoms with van der Waals surface area (Å²) < 4.78 is 2.19. The molecule has 6 rings (SSSR count). The highest BCUT2D eigenvalue weighted by atomic mass is 16.6. The van der Waals surface area contributed by atoms with E-state index in [1.54, 1.807) is 30.5 Å². The van der Waals surface area contributed by atoms with E-state index in [9.17, 15) is 20.2 Å². The number of nitrogens with one attached hydrogen (secondary N) is 1. The van der Waals surface area contributed by atoms with Gasteiger partial charge in [-0.1, -0.05) is 74.5 Å². The minimum absolute atomic E-state index is 0.112. The first-order valence-corrected chi connectivity index (χ1v) is 13.0. The SMILES string of the molecule is CC(C)Cn1ccc2cc([N+](=O)[O-])cc(-c3ccccc3)c21.O=[N+]([O-])c1cc(-c2ccccc2)c2[nH]ccc2c1. The van der Waals surface area contributed by atoms with Crippen LogP contribution in [-0.4, -0.2) is 19.4 Å². The summed E-state index contributed by atoms with van der Waals surface area (Å²) in [5, 5.41) is 23.9. The van der Waals surface area contributed by atoms with Crippen molar-refractivity contribution in [1.29, 1.82) is 0 Å². The van der Waals surface area contributed by atoms with E-state index < -0.39 is 0 Å². The molecule has 0 spiro atoms. The van der Waals surface area contributed by atoms with Crippen LogP contribution in [0, 0.1) is 26.1 Å². The van der Waals surface area contributed by atoms with Gasteiger partial charge in [-0.3, -0.25) is 20.2 Å². The molecule has 0 fully saturated rings. The number of hydrogen-bond donors (Lipinski definition) is 1. The Morgan fingerprint density at radius 2 is 1.27 bits per heavy atom. The van der Waals surface area contributed by atoms with E-state index in [0.717, 1.165) is 50.6 Å². The molecule has 6 aromatic rings. The van der Waals surface area contributed by atoms with E-state index in [-0.39, 0.29) is 21.2 Å². The van der Waals surface area contributed by atoms with E-state index in [1.165, 1.54) is 0 Å². The van der Waals surface area contributed by atoms with E-state index in [0.29, 0.717) is 5.92 Å². The van der Waals surface area contributed by atoms with Crippen LogP contribution in [0.2, 0.25) is 0 Å². The van der Waals surface area contributed by atoms with E-state index in [4.69, 9.17) is 0 Å². The minimum atomic E-state index is -0.362. The van der Waals surface area contributed by atoms with Crippen molar-refractivity contribution in [1.82, 2.24) is 9.55 Å². The fourth-order valence-electron chi connectivity index (χ4n) is 4.93. The third-order valence-corrected chi connectivity index (χ3v) is 6.64. The van der Waals surface area contributed by atoms with Crippen molar-refractivity contribution in [2.75, 3.05) is 0 Å². The van der Waals surface area contributed by atoms with Gasteiger partial charge in [-0.15, -0.1) is 0 Å². The van der Waals surface area contributed by atoms with Gasteiger partial charge in [0.2, 0.25) is 0 Å². The highest BCUT2D eigenvalue weighted by Crippen LogP contribution is 2.34. The molecule has 1 N–H and O–H groups in total. The molecule has 2 heterocycles. The van der Waals surface area contributed by atoms with Crippen LogP contribution in [0.3, 0.4) is 0 Å². The van der Waals surface area contributed by atoms with Crippen molar-refractivity contribution in [3.8, 4) is 22.3 Å². The van der Waals surface area contributed by atoms with Gasteiger partial charge in [0.05, 0.1) is 20.9 Å². The van der Waals surface area contributed by atoms with Gasteiger partial charge in [-0.05, 0) is 29.2 Å². The Hall–Kier alpha value is -5.24. The number of aromatic nitrogens is 2. The molecule has 0 atom stereocenters. The lowest BCUT2D eigenvalue weighted by Gasteiger charge is -2.12. The molecule has 0 bridgehead atoms. The van der Waals surface area contributed by atoms with Crippen LogP contribution in [0.1, 0.15) is 13.8 Å². The molecule has 0 unspecified atom stereocenters. The Bertz CT molecular complexity index is 1810. The average molecular weight is 533 g/mol. The Labute approximate surface area is 230 Å². The molecule has 0 aliphatic heterocycles. The maximum absolute atomic E-state index is 11.2. The molecule has 0 saturated carbocycles. The largest absolute Gasteiger partial charge is 0.361 e. The molecule has 40 heavy (non-hydrogen) atoms. The summed E-state index contributed by atoms with van der Waals surface area (Å²) in [6, 6.07) is 29.8. The predicted octanol–water partition coefficient (Wildman–Crippen LogP) is 8.62. The zero-order chi connectivity index (χ0) is 28.2. The summed E-state index contributed by atoms with van der Waals surface area (Å²) in [6.07, 6.45) is 3.81. The van der Waals surface area contributed by atoms with Gasteiger partial charge in [-0.25, -0.2) is 0 Å². The Kier molecular flexibility index (Phi) is 7.41. The van der Waals surface area contributed by atoms with Crippen molar-refractivity contribution in [3.05, 3.63) is 130 Å². The Morgan fingerprint density at radius 3 is 1.85 bits per heavy atom. The number of nitro groups is 2. The molecule has 0 amide bonds. The number of fused-ring (bicyclic) bond motifs is 2. The zero-order valence-electron chi connectivity index (χ0n) is 22.2. The third-order valence-electron chi connectivity index (χ3n) is 6.64. The number of non-ortho nitro benzene ring substituents is 2. The molecule has 0 aliphatic rings. The Balaban J connectivity index is 0.000000164. The fraction of sp³-hybridized carbons (Fsp3) is 0.125. The third kappa shape index (κ3) is 5.47. The molecule has 0 saturated heterocycles. The van der Waals surface area contributed by atoms with Crippen LogP contribution in [0.25, 0.3) is 44.1 Å². The number of H-pyrrole nitrogens is 1. The van der Waals surface area contributed by atoms with Crippen LogP contribution in [-0.2, 0) is 6.54 Å². The van der Waals surface area contributed by atoms with Crippen LogP contribution in [0.15, 0.2) is 109 Å². The molecular weight excluding hydrogens is 504 g/mol. The summed E-state index contributed by atoms with van der Waals surface area (Å²) in [5.74, 6) is 0.509. The number of hydrogen-bond acceptors (Lipinski definition) is 4. The fourth-order valence-corrected chi connectivity index (χ4v) is 4.93. The quantitative estimate of drug-likeness (QED) is 0.171. The molecule has 4 aromatic carbocycles. The first-order valence-electron chi connectivity index (χ1n) is 13.0. The van der Waals surface area contributed by atoms with Crippen LogP contribution < -0.4 is 0 Å². The molecule has 2 aromatic heterocycles. The molecular formula is C32H28N4O4. The first kappa shape index (κ1) is 26.4. The topological polar surface area (TPSA) is 107 Å². The second kappa shape index (κ2) is 11.2. The summed E-state index contributed by atoms with van der Waals surface area (Å²) in [5.41, 5.74) is 5.96. The number of nitrogens with zero attached hydrogens (tertiary/aromatic N) is 3.